The van der Waals surface area contributed by atoms with Gasteiger partial charge in [0.15, 0.2) is 0 Å². The molecule has 2 nitrogen and oxygen atoms in total. The third-order valence-corrected chi connectivity index (χ3v) is 2.68. The standard InChI is InChI=1S/C7H16N2S/c1-3-4-10-5-6(2)7(8)9/h6H,3-5H2,1-2H3,(H3,8,9). The lowest BCUT2D eigenvalue weighted by Gasteiger charge is -2.07. The van der Waals surface area contributed by atoms with Crippen LogP contribution in [0.3, 0.4) is 0 Å². The maximum Gasteiger partial charge on any atom is 0.0942 e. The van der Waals surface area contributed by atoms with Gasteiger partial charge in [0.05, 0.1) is 5.84 Å². The fourth-order valence-corrected chi connectivity index (χ4v) is 1.48. The first kappa shape index (κ1) is 9.82. The van der Waals surface area contributed by atoms with Crippen LogP contribution in [0.1, 0.15) is 20.3 Å². The minimum absolute atomic E-state index is 0.247. The van der Waals surface area contributed by atoms with Gasteiger partial charge >= 0.3 is 0 Å². The van der Waals surface area contributed by atoms with Gasteiger partial charge in [0.1, 0.15) is 0 Å². The van der Waals surface area contributed by atoms with Crippen molar-refractivity contribution in [3.05, 3.63) is 0 Å². The molecule has 0 saturated heterocycles. The normalized spacial score (nSPS) is 13.0. The third kappa shape index (κ3) is 4.68. The van der Waals surface area contributed by atoms with Crippen LogP contribution in [-0.4, -0.2) is 17.3 Å². The first-order valence-corrected chi connectivity index (χ1v) is 4.75. The number of nitrogens with one attached hydrogen (secondary N) is 1. The average Bonchev–Trinajstić information content (AvgIpc) is 1.88. The molecule has 0 aliphatic carbocycles. The van der Waals surface area contributed by atoms with Crippen molar-refractivity contribution in [2.24, 2.45) is 11.7 Å². The Hall–Kier alpha value is -0.180. The first-order chi connectivity index (χ1) is 4.68. The van der Waals surface area contributed by atoms with Gasteiger partial charge in [0, 0.05) is 11.7 Å². The number of hydrogen-bond acceptors (Lipinski definition) is 2. The number of nitrogens with two attached hydrogens (primary N) is 1. The van der Waals surface area contributed by atoms with Crippen LogP contribution in [0.25, 0.3) is 0 Å². The van der Waals surface area contributed by atoms with Crippen molar-refractivity contribution in [1.29, 1.82) is 5.41 Å². The summed E-state index contributed by atoms with van der Waals surface area (Å²) in [6.07, 6.45) is 1.20. The SMILES string of the molecule is CCCSCC(C)C(=N)N. The number of thioether (sulfide) groups is 1. The third-order valence-electron chi connectivity index (χ3n) is 1.25. The summed E-state index contributed by atoms with van der Waals surface area (Å²) < 4.78 is 0. The molecule has 0 saturated carbocycles. The topological polar surface area (TPSA) is 49.9 Å². The summed E-state index contributed by atoms with van der Waals surface area (Å²) in [6.45, 7) is 4.15. The quantitative estimate of drug-likeness (QED) is 0.365. The second kappa shape index (κ2) is 5.59. The van der Waals surface area contributed by atoms with Crippen molar-refractivity contribution in [3.8, 4) is 0 Å². The molecule has 0 heterocycles. The summed E-state index contributed by atoms with van der Waals surface area (Å²) in [6, 6.07) is 0. The molecule has 0 aromatic carbocycles. The van der Waals surface area contributed by atoms with Gasteiger partial charge in [-0.05, 0) is 12.2 Å². The Balaban J connectivity index is 3.21. The second-order valence-corrected chi connectivity index (χ2v) is 3.58. The van der Waals surface area contributed by atoms with E-state index in [0.717, 1.165) is 5.75 Å². The molecule has 1 atom stereocenters. The maximum atomic E-state index is 7.10. The van der Waals surface area contributed by atoms with E-state index in [1.807, 2.05) is 18.7 Å². The fraction of sp³-hybridized carbons (Fsp3) is 0.857. The lowest BCUT2D eigenvalue weighted by Crippen LogP contribution is -2.21. The van der Waals surface area contributed by atoms with Crippen LogP contribution >= 0.6 is 11.8 Å². The molecule has 10 heavy (non-hydrogen) atoms. The van der Waals surface area contributed by atoms with Crippen molar-refractivity contribution in [2.45, 2.75) is 20.3 Å². The van der Waals surface area contributed by atoms with Crippen LogP contribution in [0.15, 0.2) is 0 Å². The van der Waals surface area contributed by atoms with Crippen LogP contribution in [0.5, 0.6) is 0 Å². The van der Waals surface area contributed by atoms with E-state index < -0.39 is 0 Å². The highest BCUT2D eigenvalue weighted by atomic mass is 32.2. The van der Waals surface area contributed by atoms with Crippen molar-refractivity contribution in [3.63, 3.8) is 0 Å². The molecule has 0 fully saturated rings. The number of rotatable bonds is 5. The van der Waals surface area contributed by atoms with Gasteiger partial charge in [-0.3, -0.25) is 5.41 Å². The first-order valence-electron chi connectivity index (χ1n) is 3.60. The Kier molecular flexibility index (Phi) is 5.49. The molecule has 0 radical (unpaired) electrons. The van der Waals surface area contributed by atoms with E-state index in [1.165, 1.54) is 12.2 Å². The molecule has 0 rings (SSSR count). The number of hydrogen-bond donors (Lipinski definition) is 2. The predicted molar refractivity (Wildman–Crippen MR) is 48.7 cm³/mol. The molecule has 0 aromatic rings. The summed E-state index contributed by atoms with van der Waals surface area (Å²) in [5.74, 6) is 2.72. The molecule has 0 aliphatic rings. The predicted octanol–water partition coefficient (Wildman–Crippen LogP) is 1.70. The van der Waals surface area contributed by atoms with Gasteiger partial charge < -0.3 is 5.73 Å². The summed E-state index contributed by atoms with van der Waals surface area (Å²) in [5, 5.41) is 7.10. The smallest absolute Gasteiger partial charge is 0.0942 e. The van der Waals surface area contributed by atoms with E-state index in [1.54, 1.807) is 0 Å². The van der Waals surface area contributed by atoms with Crippen molar-refractivity contribution in [1.82, 2.24) is 0 Å². The molecular formula is C7H16N2S. The van der Waals surface area contributed by atoms with Gasteiger partial charge in [-0.2, -0.15) is 11.8 Å². The zero-order chi connectivity index (χ0) is 7.98. The van der Waals surface area contributed by atoms with Crippen molar-refractivity contribution in [2.75, 3.05) is 11.5 Å². The maximum absolute atomic E-state index is 7.10. The lowest BCUT2D eigenvalue weighted by molar-refractivity contribution is 0.878. The van der Waals surface area contributed by atoms with E-state index in [9.17, 15) is 0 Å². The van der Waals surface area contributed by atoms with Gasteiger partial charge in [-0.15, -0.1) is 0 Å². The van der Waals surface area contributed by atoms with E-state index in [2.05, 4.69) is 6.92 Å². The van der Waals surface area contributed by atoms with Crippen LogP contribution < -0.4 is 5.73 Å². The molecule has 1 unspecified atom stereocenters. The summed E-state index contributed by atoms with van der Waals surface area (Å²) in [7, 11) is 0. The molecule has 0 aliphatic heterocycles. The molecular weight excluding hydrogens is 144 g/mol. The van der Waals surface area contributed by atoms with Crippen LogP contribution in [0.2, 0.25) is 0 Å². The Bertz CT molecular complexity index is 104. The highest BCUT2D eigenvalue weighted by molar-refractivity contribution is 7.99. The summed E-state index contributed by atoms with van der Waals surface area (Å²) >= 11 is 1.87. The molecule has 0 aromatic heterocycles. The van der Waals surface area contributed by atoms with Crippen molar-refractivity contribution < 1.29 is 0 Å². The number of amidine groups is 1. The molecule has 60 valence electrons. The minimum atomic E-state index is 0.247. The van der Waals surface area contributed by atoms with E-state index in [4.69, 9.17) is 11.1 Å². The van der Waals surface area contributed by atoms with Gasteiger partial charge in [0.25, 0.3) is 0 Å². The minimum Gasteiger partial charge on any atom is -0.387 e. The van der Waals surface area contributed by atoms with E-state index in [-0.39, 0.29) is 5.92 Å². The Labute approximate surface area is 67.1 Å². The zero-order valence-electron chi connectivity index (χ0n) is 6.68. The van der Waals surface area contributed by atoms with Crippen LogP contribution in [0.4, 0.5) is 0 Å². The molecule has 3 N–H and O–H groups in total. The molecule has 0 bridgehead atoms. The largest absolute Gasteiger partial charge is 0.387 e. The Morgan fingerprint density at radius 1 is 1.70 bits per heavy atom. The molecule has 3 heteroatoms. The van der Waals surface area contributed by atoms with Crippen molar-refractivity contribution >= 4 is 17.6 Å². The fourth-order valence-electron chi connectivity index (χ4n) is 0.494. The molecule has 0 spiro atoms. The van der Waals surface area contributed by atoms with Gasteiger partial charge in [-0.1, -0.05) is 13.8 Å². The Morgan fingerprint density at radius 2 is 2.30 bits per heavy atom. The monoisotopic (exact) mass is 160 g/mol. The molecule has 0 amide bonds. The van der Waals surface area contributed by atoms with E-state index in [0.29, 0.717) is 5.84 Å². The Morgan fingerprint density at radius 3 is 2.70 bits per heavy atom. The average molecular weight is 160 g/mol. The highest BCUT2D eigenvalue weighted by Crippen LogP contribution is 2.08. The van der Waals surface area contributed by atoms with E-state index >= 15 is 0 Å². The van der Waals surface area contributed by atoms with Gasteiger partial charge in [-0.25, -0.2) is 0 Å². The zero-order valence-corrected chi connectivity index (χ0v) is 7.50. The summed E-state index contributed by atoms with van der Waals surface area (Å²) in [4.78, 5) is 0. The van der Waals surface area contributed by atoms with Crippen LogP contribution in [-0.2, 0) is 0 Å². The van der Waals surface area contributed by atoms with Gasteiger partial charge in [0.2, 0.25) is 0 Å². The van der Waals surface area contributed by atoms with Crippen LogP contribution in [0, 0.1) is 11.3 Å². The second-order valence-electron chi connectivity index (χ2n) is 2.43. The summed E-state index contributed by atoms with van der Waals surface area (Å²) in [5.41, 5.74) is 5.29. The highest BCUT2D eigenvalue weighted by Gasteiger charge is 2.03. The lowest BCUT2D eigenvalue weighted by atomic mass is 10.2.